The molecule has 18 heteroatoms. The van der Waals surface area contributed by atoms with Crippen molar-refractivity contribution in [3.8, 4) is 11.8 Å². The third kappa shape index (κ3) is 9.68. The van der Waals surface area contributed by atoms with Gasteiger partial charge < -0.3 is 0 Å². The minimum absolute atomic E-state index is 0.0742. The van der Waals surface area contributed by atoms with E-state index in [0.717, 1.165) is 22.7 Å². The summed E-state index contributed by atoms with van der Waals surface area (Å²) in [5, 5.41) is -0.762. The van der Waals surface area contributed by atoms with Crippen LogP contribution in [0.5, 0.6) is 0 Å². The van der Waals surface area contributed by atoms with Crippen LogP contribution in [0.1, 0.15) is 105 Å². The van der Waals surface area contributed by atoms with Gasteiger partial charge in [0.25, 0.3) is 0 Å². The Morgan fingerprint density at radius 1 is 0.448 bits per heavy atom. The van der Waals surface area contributed by atoms with Crippen molar-refractivity contribution < 1.29 is 62.3 Å². The van der Waals surface area contributed by atoms with Gasteiger partial charge in [-0.3, -0.25) is 9.59 Å². The molecule has 2 nitrogen and oxygen atoms in total. The van der Waals surface area contributed by atoms with E-state index in [2.05, 4.69) is 11.8 Å². The maximum Gasteiger partial charge on any atom is 0.416 e. The van der Waals surface area contributed by atoms with Crippen molar-refractivity contribution in [2.75, 3.05) is 0 Å². The molecule has 0 amide bonds. The standard InChI is InChI=1S/C40H38F12O2S2Si2/c1-35(2,3)57(7,8)31-19-27(33(53)21-13-23(37(41,42)43)17-24(14-21)38(44,45)46)29(55-31)11-12-30-28(20-32(56-30)58(9,10)36(4,5)6)34(54)22-15-25(39(47,48)49)18-26(16-22)40(50,51)52/h13-20H,1-10H3. The molecular formula is C40H38F12O2S2Si2. The molecule has 0 aliphatic heterocycles. The number of hydrogen-bond acceptors (Lipinski definition) is 4. The highest BCUT2D eigenvalue weighted by Gasteiger charge is 2.43. The van der Waals surface area contributed by atoms with Crippen LogP contribution in [0.25, 0.3) is 0 Å². The summed E-state index contributed by atoms with van der Waals surface area (Å²) < 4.78 is 167. The Morgan fingerprint density at radius 3 is 0.897 bits per heavy atom. The number of halogens is 12. The van der Waals surface area contributed by atoms with Crippen molar-refractivity contribution in [2.45, 2.75) is 103 Å². The number of carbonyl (C=O) groups is 2. The van der Waals surface area contributed by atoms with Crippen LogP contribution < -0.4 is 9.00 Å². The predicted molar refractivity (Wildman–Crippen MR) is 208 cm³/mol. The zero-order chi connectivity index (χ0) is 44.6. The smallest absolute Gasteiger partial charge is 0.289 e. The average Bonchev–Trinajstić information content (AvgIpc) is 3.69. The second-order valence-corrected chi connectivity index (χ2v) is 30.4. The molecule has 0 aliphatic rings. The maximum atomic E-state index is 14.0. The molecule has 0 spiro atoms. The molecule has 0 unspecified atom stereocenters. The number of rotatable bonds is 6. The van der Waals surface area contributed by atoms with Crippen molar-refractivity contribution in [1.82, 2.24) is 0 Å². The Hall–Kier alpha value is -3.67. The molecule has 0 aliphatic carbocycles. The summed E-state index contributed by atoms with van der Waals surface area (Å²) in [5.41, 5.74) is -9.28. The molecule has 4 rings (SSSR count). The van der Waals surface area contributed by atoms with Crippen LogP contribution in [0.15, 0.2) is 48.5 Å². The first kappa shape index (κ1) is 47.0. The maximum absolute atomic E-state index is 14.0. The minimum atomic E-state index is -5.25. The van der Waals surface area contributed by atoms with Gasteiger partial charge in [-0.25, -0.2) is 0 Å². The van der Waals surface area contributed by atoms with Gasteiger partial charge in [0, 0.05) is 22.3 Å². The van der Waals surface area contributed by atoms with E-state index >= 15 is 0 Å². The zero-order valence-electron chi connectivity index (χ0n) is 32.8. The Kier molecular flexibility index (Phi) is 12.2. The number of carbonyl (C=O) groups excluding carboxylic acids is 2. The summed E-state index contributed by atoms with van der Waals surface area (Å²) in [4.78, 5) is 27.9. The van der Waals surface area contributed by atoms with Gasteiger partial charge >= 0.3 is 24.7 Å². The molecule has 4 aromatic rings. The van der Waals surface area contributed by atoms with Crippen molar-refractivity contribution in [3.63, 3.8) is 0 Å². The first-order valence-electron chi connectivity index (χ1n) is 17.4. The van der Waals surface area contributed by atoms with Crippen LogP contribution in [-0.2, 0) is 24.7 Å². The fourth-order valence-corrected chi connectivity index (χ4v) is 13.8. The van der Waals surface area contributed by atoms with E-state index < -0.39 is 85.8 Å². The van der Waals surface area contributed by atoms with Crippen molar-refractivity contribution in [1.29, 1.82) is 0 Å². The van der Waals surface area contributed by atoms with Gasteiger partial charge in [-0.15, -0.1) is 22.7 Å². The number of alkyl halides is 12. The molecule has 0 N–H and O–H groups in total. The van der Waals surface area contributed by atoms with E-state index in [0.29, 0.717) is 33.3 Å². The van der Waals surface area contributed by atoms with Crippen LogP contribution in [0.4, 0.5) is 52.7 Å². The van der Waals surface area contributed by atoms with Gasteiger partial charge in [-0.1, -0.05) is 67.7 Å². The first-order chi connectivity index (χ1) is 25.9. The van der Waals surface area contributed by atoms with E-state index in [1.54, 1.807) is 0 Å². The predicted octanol–water partition coefficient (Wildman–Crippen LogP) is 13.2. The highest BCUT2D eigenvalue weighted by atomic mass is 32.1. The Balaban J connectivity index is 2.05. The second-order valence-electron chi connectivity index (χ2n) is 17.0. The lowest BCUT2D eigenvalue weighted by atomic mass is 9.98. The third-order valence-electron chi connectivity index (χ3n) is 10.9. The van der Waals surface area contributed by atoms with Crippen LogP contribution in [0, 0.1) is 11.8 Å². The lowest BCUT2D eigenvalue weighted by Gasteiger charge is -2.35. The summed E-state index contributed by atoms with van der Waals surface area (Å²) >= 11 is 1.99. The molecule has 0 fully saturated rings. The quantitative estimate of drug-likeness (QED) is 0.0836. The molecule has 0 bridgehead atoms. The molecule has 2 heterocycles. The van der Waals surface area contributed by atoms with E-state index in [1.165, 1.54) is 12.1 Å². The first-order valence-corrected chi connectivity index (χ1v) is 25.0. The summed E-state index contributed by atoms with van der Waals surface area (Å²) in [5.74, 6) is 3.15. The van der Waals surface area contributed by atoms with Crippen molar-refractivity contribution in [3.05, 3.63) is 103 Å². The van der Waals surface area contributed by atoms with E-state index in [4.69, 9.17) is 0 Å². The lowest BCUT2D eigenvalue weighted by Crippen LogP contribution is -2.47. The summed E-state index contributed by atoms with van der Waals surface area (Å²) in [6.07, 6.45) is -21.0. The largest absolute Gasteiger partial charge is 0.416 e. The average molecular weight is 899 g/mol. The molecule has 0 radical (unpaired) electrons. The summed E-state index contributed by atoms with van der Waals surface area (Å²) in [6, 6.07) is 3.81. The third-order valence-corrected chi connectivity index (χ3v) is 26.6. The number of hydrogen-bond donors (Lipinski definition) is 0. The van der Waals surface area contributed by atoms with Gasteiger partial charge in [0.05, 0.1) is 48.2 Å². The monoisotopic (exact) mass is 898 g/mol. The summed E-state index contributed by atoms with van der Waals surface area (Å²) in [6.45, 7) is 19.4. The van der Waals surface area contributed by atoms with E-state index in [-0.39, 0.29) is 43.1 Å². The fraction of sp³-hybridized carbons (Fsp3) is 0.400. The molecular weight excluding hydrogens is 861 g/mol. The lowest BCUT2D eigenvalue weighted by molar-refractivity contribution is -0.144. The highest BCUT2D eigenvalue weighted by Crippen LogP contribution is 2.42. The molecule has 0 saturated carbocycles. The van der Waals surface area contributed by atoms with Crippen LogP contribution >= 0.6 is 22.7 Å². The van der Waals surface area contributed by atoms with E-state index in [1.807, 2.05) is 67.7 Å². The Labute approximate surface area is 337 Å². The van der Waals surface area contributed by atoms with Crippen LogP contribution in [-0.4, -0.2) is 27.7 Å². The highest BCUT2D eigenvalue weighted by molar-refractivity contribution is 7.28. The SMILES string of the molecule is CC(C)(C)[Si](C)(C)c1cc(C(=O)c2cc(C(F)(F)F)cc(C(F)(F)F)c2)c(C#Cc2sc([Si](C)(C)C(C)(C)C)cc2C(=O)c2cc(C(F)(F)F)cc(C(F)(F)F)c2)s1. The Morgan fingerprint density at radius 2 is 0.690 bits per heavy atom. The summed E-state index contributed by atoms with van der Waals surface area (Å²) in [7, 11) is -5.15. The van der Waals surface area contributed by atoms with Gasteiger partial charge in [0.2, 0.25) is 0 Å². The molecule has 2 aromatic carbocycles. The Bertz CT molecular complexity index is 2090. The normalized spacial score (nSPS) is 13.7. The van der Waals surface area contributed by atoms with Crippen molar-refractivity contribution >= 4 is 59.4 Å². The molecule has 314 valence electrons. The zero-order valence-corrected chi connectivity index (χ0v) is 36.4. The van der Waals surface area contributed by atoms with Crippen molar-refractivity contribution in [2.24, 2.45) is 0 Å². The van der Waals surface area contributed by atoms with Gasteiger partial charge in [0.15, 0.2) is 11.6 Å². The number of ketones is 2. The molecule has 58 heavy (non-hydrogen) atoms. The van der Waals surface area contributed by atoms with E-state index in [9.17, 15) is 62.3 Å². The molecule has 2 aromatic heterocycles. The minimum Gasteiger partial charge on any atom is -0.289 e. The van der Waals surface area contributed by atoms with Gasteiger partial charge in [0.1, 0.15) is 0 Å². The van der Waals surface area contributed by atoms with Gasteiger partial charge in [-0.05, 0) is 79.4 Å². The van der Waals surface area contributed by atoms with Gasteiger partial charge in [-0.2, -0.15) is 52.7 Å². The topological polar surface area (TPSA) is 34.1 Å². The second kappa shape index (κ2) is 15.1. The molecule has 0 saturated heterocycles. The number of thiophene rings is 2. The van der Waals surface area contributed by atoms with Crippen LogP contribution in [0.3, 0.4) is 0 Å². The van der Waals surface area contributed by atoms with Crippen LogP contribution in [0.2, 0.25) is 36.3 Å². The molecule has 0 atom stereocenters. The number of benzene rings is 2. The fourth-order valence-electron chi connectivity index (χ4n) is 5.26.